The number of hydrogen-bond donors (Lipinski definition) is 1. The van der Waals surface area contributed by atoms with Crippen LogP contribution >= 0.6 is 0 Å². The molecule has 1 unspecified atom stereocenters. The van der Waals surface area contributed by atoms with Crippen molar-refractivity contribution < 1.29 is 13.2 Å². The Morgan fingerprint density at radius 2 is 2.05 bits per heavy atom. The fraction of sp³-hybridized carbons (Fsp3) is 0.600. The van der Waals surface area contributed by atoms with Crippen molar-refractivity contribution in [1.82, 2.24) is 5.32 Å². The molecule has 4 heteroatoms. The van der Waals surface area contributed by atoms with Gasteiger partial charge in [0.2, 0.25) is 0 Å². The van der Waals surface area contributed by atoms with E-state index in [0.717, 1.165) is 24.0 Å². The van der Waals surface area contributed by atoms with Gasteiger partial charge >= 0.3 is 6.18 Å². The molecular formula is C15H20F3N. The highest BCUT2D eigenvalue weighted by atomic mass is 19.4. The van der Waals surface area contributed by atoms with E-state index < -0.39 is 11.7 Å². The van der Waals surface area contributed by atoms with Crippen molar-refractivity contribution in [3.05, 3.63) is 35.4 Å². The lowest BCUT2D eigenvalue weighted by Gasteiger charge is -2.29. The number of halogens is 3. The van der Waals surface area contributed by atoms with Gasteiger partial charge < -0.3 is 5.32 Å². The zero-order valence-electron chi connectivity index (χ0n) is 11.1. The molecule has 0 spiro atoms. The van der Waals surface area contributed by atoms with Crippen LogP contribution in [-0.4, -0.2) is 13.1 Å². The highest BCUT2D eigenvalue weighted by Gasteiger charge is 2.30. The van der Waals surface area contributed by atoms with Crippen molar-refractivity contribution in [2.45, 2.75) is 44.3 Å². The quantitative estimate of drug-likeness (QED) is 0.852. The molecule has 1 aromatic carbocycles. The molecule has 0 amide bonds. The Morgan fingerprint density at radius 1 is 1.32 bits per heavy atom. The summed E-state index contributed by atoms with van der Waals surface area (Å²) in [5.74, 6) is 0.753. The molecule has 1 nitrogen and oxygen atoms in total. The van der Waals surface area contributed by atoms with Crippen LogP contribution < -0.4 is 5.32 Å². The number of hydrogen-bond acceptors (Lipinski definition) is 1. The van der Waals surface area contributed by atoms with Gasteiger partial charge in [0, 0.05) is 6.04 Å². The molecule has 1 N–H and O–H groups in total. The monoisotopic (exact) mass is 271 g/mol. The molecule has 0 bridgehead atoms. The zero-order chi connectivity index (χ0) is 13.9. The Balaban J connectivity index is 2.00. The second kappa shape index (κ2) is 5.95. The standard InChI is InChI=1S/C15H20F3N/c1-19-14(9-11-4-2-5-11)10-12-6-3-7-13(8-12)15(16,17)18/h3,6-8,11,14,19H,2,4-5,9-10H2,1H3. The lowest BCUT2D eigenvalue weighted by atomic mass is 9.80. The third kappa shape index (κ3) is 3.96. The van der Waals surface area contributed by atoms with E-state index in [-0.39, 0.29) is 6.04 Å². The van der Waals surface area contributed by atoms with Gasteiger partial charge in [0.1, 0.15) is 0 Å². The maximum absolute atomic E-state index is 12.6. The number of likely N-dealkylation sites (N-methyl/N-ethyl adjacent to an activating group) is 1. The minimum absolute atomic E-state index is 0.272. The first-order valence-electron chi connectivity index (χ1n) is 6.82. The van der Waals surface area contributed by atoms with Gasteiger partial charge in [-0.25, -0.2) is 0 Å². The first-order chi connectivity index (χ1) is 8.99. The number of benzene rings is 1. The van der Waals surface area contributed by atoms with Gasteiger partial charge in [-0.2, -0.15) is 13.2 Å². The zero-order valence-corrected chi connectivity index (χ0v) is 11.1. The van der Waals surface area contributed by atoms with Gasteiger partial charge in [-0.3, -0.25) is 0 Å². The maximum Gasteiger partial charge on any atom is 0.416 e. The molecule has 0 aliphatic heterocycles. The molecule has 1 aliphatic carbocycles. The van der Waals surface area contributed by atoms with E-state index in [2.05, 4.69) is 5.32 Å². The van der Waals surface area contributed by atoms with E-state index in [9.17, 15) is 13.2 Å². The third-order valence-corrected chi connectivity index (χ3v) is 3.99. The fourth-order valence-corrected chi connectivity index (χ4v) is 2.59. The Kier molecular flexibility index (Phi) is 4.50. The Morgan fingerprint density at radius 3 is 2.58 bits per heavy atom. The van der Waals surface area contributed by atoms with Crippen molar-refractivity contribution in [3.63, 3.8) is 0 Å². The third-order valence-electron chi connectivity index (χ3n) is 3.99. The summed E-state index contributed by atoms with van der Waals surface area (Å²) in [7, 11) is 1.89. The molecule has 1 saturated carbocycles. The topological polar surface area (TPSA) is 12.0 Å². The van der Waals surface area contributed by atoms with Gasteiger partial charge in [-0.1, -0.05) is 37.5 Å². The largest absolute Gasteiger partial charge is 0.416 e. The molecule has 1 aliphatic rings. The van der Waals surface area contributed by atoms with Gasteiger partial charge in [0.05, 0.1) is 5.56 Å². The highest BCUT2D eigenvalue weighted by molar-refractivity contribution is 5.26. The molecule has 1 fully saturated rings. The van der Waals surface area contributed by atoms with Crippen LogP contribution in [0.1, 0.15) is 36.8 Å². The average molecular weight is 271 g/mol. The van der Waals surface area contributed by atoms with Crippen LogP contribution in [0.2, 0.25) is 0 Å². The molecule has 106 valence electrons. The van der Waals surface area contributed by atoms with Crippen LogP contribution in [0.5, 0.6) is 0 Å². The second-order valence-corrected chi connectivity index (χ2v) is 5.42. The smallest absolute Gasteiger partial charge is 0.317 e. The first kappa shape index (κ1) is 14.4. The van der Waals surface area contributed by atoms with Crippen LogP contribution in [-0.2, 0) is 12.6 Å². The Labute approximate surface area is 112 Å². The summed E-state index contributed by atoms with van der Waals surface area (Å²) >= 11 is 0. The van der Waals surface area contributed by atoms with Gasteiger partial charge in [-0.05, 0) is 37.4 Å². The number of nitrogens with one attached hydrogen (secondary N) is 1. The first-order valence-corrected chi connectivity index (χ1v) is 6.82. The molecule has 19 heavy (non-hydrogen) atoms. The average Bonchev–Trinajstić information content (AvgIpc) is 2.31. The maximum atomic E-state index is 12.6. The van der Waals surface area contributed by atoms with Gasteiger partial charge in [0.25, 0.3) is 0 Å². The molecule has 0 heterocycles. The summed E-state index contributed by atoms with van der Waals surface area (Å²) in [6.07, 6.45) is 1.30. The molecule has 1 aromatic rings. The fourth-order valence-electron chi connectivity index (χ4n) is 2.59. The molecule has 2 rings (SSSR count). The van der Waals surface area contributed by atoms with Crippen LogP contribution in [0.3, 0.4) is 0 Å². The predicted octanol–water partition coefficient (Wildman–Crippen LogP) is 4.03. The van der Waals surface area contributed by atoms with E-state index >= 15 is 0 Å². The lowest BCUT2D eigenvalue weighted by Crippen LogP contribution is -2.32. The Bertz CT molecular complexity index is 410. The van der Waals surface area contributed by atoms with E-state index in [1.807, 2.05) is 7.05 Å². The predicted molar refractivity (Wildman–Crippen MR) is 70.0 cm³/mol. The Hall–Kier alpha value is -1.03. The highest BCUT2D eigenvalue weighted by Crippen LogP contribution is 2.32. The number of alkyl halides is 3. The van der Waals surface area contributed by atoms with Crippen LogP contribution in [0.15, 0.2) is 24.3 Å². The molecule has 1 atom stereocenters. The van der Waals surface area contributed by atoms with Crippen molar-refractivity contribution in [2.24, 2.45) is 5.92 Å². The van der Waals surface area contributed by atoms with Gasteiger partial charge in [-0.15, -0.1) is 0 Å². The molecule has 0 saturated heterocycles. The molecule has 0 aromatic heterocycles. The van der Waals surface area contributed by atoms with E-state index in [1.165, 1.54) is 31.4 Å². The van der Waals surface area contributed by atoms with Crippen LogP contribution in [0.25, 0.3) is 0 Å². The summed E-state index contributed by atoms with van der Waals surface area (Å²) in [5.41, 5.74) is 0.206. The van der Waals surface area contributed by atoms with Crippen molar-refractivity contribution in [2.75, 3.05) is 7.05 Å². The van der Waals surface area contributed by atoms with E-state index in [0.29, 0.717) is 6.42 Å². The van der Waals surface area contributed by atoms with Crippen molar-refractivity contribution >= 4 is 0 Å². The van der Waals surface area contributed by atoms with Crippen LogP contribution in [0, 0.1) is 5.92 Å². The van der Waals surface area contributed by atoms with Crippen LogP contribution in [0.4, 0.5) is 13.2 Å². The van der Waals surface area contributed by atoms with E-state index in [1.54, 1.807) is 6.07 Å². The lowest BCUT2D eigenvalue weighted by molar-refractivity contribution is -0.137. The van der Waals surface area contributed by atoms with Crippen molar-refractivity contribution in [3.8, 4) is 0 Å². The SMILES string of the molecule is CNC(Cc1cccc(C(F)(F)F)c1)CC1CCC1. The summed E-state index contributed by atoms with van der Waals surface area (Å²) < 4.78 is 37.9. The number of rotatable bonds is 5. The minimum Gasteiger partial charge on any atom is -0.317 e. The summed E-state index contributed by atoms with van der Waals surface area (Å²) in [6, 6.07) is 5.94. The van der Waals surface area contributed by atoms with Gasteiger partial charge in [0.15, 0.2) is 0 Å². The van der Waals surface area contributed by atoms with Crippen molar-refractivity contribution in [1.29, 1.82) is 0 Å². The normalized spacial score (nSPS) is 18.1. The summed E-state index contributed by atoms with van der Waals surface area (Å²) in [4.78, 5) is 0. The second-order valence-electron chi connectivity index (χ2n) is 5.42. The summed E-state index contributed by atoms with van der Waals surface area (Å²) in [6.45, 7) is 0. The van der Waals surface area contributed by atoms with E-state index in [4.69, 9.17) is 0 Å². The summed E-state index contributed by atoms with van der Waals surface area (Å²) in [5, 5.41) is 3.23. The molecular weight excluding hydrogens is 251 g/mol. The molecule has 0 radical (unpaired) electrons. The minimum atomic E-state index is -4.25.